The molecule has 3 aliphatic rings. The monoisotopic (exact) mass is 532 g/mol. The third kappa shape index (κ3) is 3.64. The van der Waals surface area contributed by atoms with Crippen LogP contribution < -0.4 is 4.90 Å². The molecule has 194 valence electrons. The van der Waals surface area contributed by atoms with E-state index in [1.165, 1.54) is 30.3 Å². The van der Waals surface area contributed by atoms with Crippen molar-refractivity contribution in [3.8, 4) is 0 Å². The zero-order chi connectivity index (χ0) is 26.8. The number of anilines is 1. The number of sulfonamides is 1. The van der Waals surface area contributed by atoms with Crippen molar-refractivity contribution in [2.24, 2.45) is 23.7 Å². The number of amides is 2. The van der Waals surface area contributed by atoms with Crippen molar-refractivity contribution in [2.45, 2.75) is 24.3 Å². The predicted octanol–water partition coefficient (Wildman–Crippen LogP) is 3.89. The van der Waals surface area contributed by atoms with E-state index in [4.69, 9.17) is 0 Å². The van der Waals surface area contributed by atoms with Crippen LogP contribution in [-0.4, -0.2) is 36.9 Å². The maximum atomic E-state index is 15.2. The highest BCUT2D eigenvalue weighted by Crippen LogP contribution is 2.55. The van der Waals surface area contributed by atoms with Crippen molar-refractivity contribution in [1.29, 1.82) is 0 Å². The van der Waals surface area contributed by atoms with Crippen LogP contribution in [0.25, 0.3) is 0 Å². The molecule has 0 bridgehead atoms. The van der Waals surface area contributed by atoms with E-state index in [9.17, 15) is 22.8 Å². The second-order valence-electron chi connectivity index (χ2n) is 10.2. The third-order valence-corrected chi connectivity index (χ3v) is 9.96. The Morgan fingerprint density at radius 3 is 2.16 bits per heavy atom. The van der Waals surface area contributed by atoms with Gasteiger partial charge in [0.15, 0.2) is 0 Å². The fraction of sp³-hybridized carbons (Fsp3) is 0.276. The Morgan fingerprint density at radius 1 is 0.816 bits per heavy atom. The topological polar surface area (TPSA) is 91.8 Å². The lowest BCUT2D eigenvalue weighted by molar-refractivity contribution is -0.136. The van der Waals surface area contributed by atoms with E-state index >= 15 is 4.39 Å². The Hall–Kier alpha value is -3.69. The first kappa shape index (κ1) is 24.6. The highest BCUT2D eigenvalue weighted by molar-refractivity contribution is 7.89. The Bertz CT molecular complexity index is 1560. The highest BCUT2D eigenvalue weighted by Gasteiger charge is 2.64. The SMILES string of the molecule is Cc1ccc(S(=O)(=O)N2C[C@H]3[C@H]4C(=O)N(c5ccccc5)C(=O)[C@H]4CC(=O)[C@H]3[C@@H]2c2ccccc2F)cc1. The molecule has 2 aliphatic heterocycles. The van der Waals surface area contributed by atoms with E-state index < -0.39 is 57.4 Å². The van der Waals surface area contributed by atoms with Crippen molar-refractivity contribution < 1.29 is 27.2 Å². The minimum atomic E-state index is -4.17. The summed E-state index contributed by atoms with van der Waals surface area (Å²) in [6.45, 7) is 1.66. The molecule has 7 nitrogen and oxygen atoms in total. The molecule has 2 amide bonds. The average Bonchev–Trinajstić information content (AvgIpc) is 3.42. The van der Waals surface area contributed by atoms with Gasteiger partial charge in [-0.1, -0.05) is 54.1 Å². The summed E-state index contributed by atoms with van der Waals surface area (Å²) in [5.41, 5.74) is 1.37. The fourth-order valence-corrected chi connectivity index (χ4v) is 8.05. The van der Waals surface area contributed by atoms with E-state index in [0.29, 0.717) is 5.69 Å². The molecule has 0 aromatic heterocycles. The van der Waals surface area contributed by atoms with Crippen LogP contribution in [0.4, 0.5) is 10.1 Å². The van der Waals surface area contributed by atoms with Crippen LogP contribution in [0.1, 0.15) is 23.6 Å². The molecular formula is C29H25FN2O5S. The zero-order valence-electron chi connectivity index (χ0n) is 20.5. The largest absolute Gasteiger partial charge is 0.299 e. The minimum Gasteiger partial charge on any atom is -0.299 e. The molecule has 9 heteroatoms. The normalized spacial score (nSPS) is 27.5. The maximum absolute atomic E-state index is 15.2. The highest BCUT2D eigenvalue weighted by atomic mass is 32.2. The number of rotatable bonds is 4. The van der Waals surface area contributed by atoms with Crippen LogP contribution in [0.2, 0.25) is 0 Å². The van der Waals surface area contributed by atoms with Gasteiger partial charge >= 0.3 is 0 Å². The van der Waals surface area contributed by atoms with Gasteiger partial charge in [0.05, 0.1) is 28.5 Å². The molecule has 2 heterocycles. The van der Waals surface area contributed by atoms with Gasteiger partial charge in [-0.05, 0) is 43.2 Å². The van der Waals surface area contributed by atoms with Crippen LogP contribution in [0, 0.1) is 36.4 Å². The van der Waals surface area contributed by atoms with E-state index in [1.807, 2.05) is 6.92 Å². The summed E-state index contributed by atoms with van der Waals surface area (Å²) >= 11 is 0. The van der Waals surface area contributed by atoms with Gasteiger partial charge in [0.2, 0.25) is 21.8 Å². The smallest absolute Gasteiger partial charge is 0.243 e. The molecule has 2 saturated heterocycles. The van der Waals surface area contributed by atoms with Crippen LogP contribution in [0.3, 0.4) is 0 Å². The molecule has 0 unspecified atom stereocenters. The molecule has 3 fully saturated rings. The average molecular weight is 533 g/mol. The molecule has 5 atom stereocenters. The lowest BCUT2D eigenvalue weighted by Crippen LogP contribution is -2.42. The number of hydrogen-bond donors (Lipinski definition) is 0. The summed E-state index contributed by atoms with van der Waals surface area (Å²) in [6.07, 6.45) is -0.191. The number of ketones is 1. The number of hydrogen-bond acceptors (Lipinski definition) is 5. The quantitative estimate of drug-likeness (QED) is 0.476. The molecule has 1 aliphatic carbocycles. The number of nitrogens with zero attached hydrogens (tertiary/aromatic N) is 2. The van der Waals surface area contributed by atoms with Gasteiger partial charge in [-0.25, -0.2) is 12.8 Å². The first-order chi connectivity index (χ1) is 18.2. The Kier molecular flexibility index (Phi) is 5.81. The van der Waals surface area contributed by atoms with E-state index in [1.54, 1.807) is 48.5 Å². The predicted molar refractivity (Wildman–Crippen MR) is 137 cm³/mol. The lowest BCUT2D eigenvalue weighted by atomic mass is 9.66. The number of fused-ring (bicyclic) bond motifs is 3. The molecule has 3 aromatic rings. The molecule has 0 N–H and O–H groups in total. The molecule has 3 aromatic carbocycles. The van der Waals surface area contributed by atoms with Gasteiger partial charge in [0, 0.05) is 24.4 Å². The summed E-state index contributed by atoms with van der Waals surface area (Å²) in [7, 11) is -4.17. The first-order valence-electron chi connectivity index (χ1n) is 12.5. The maximum Gasteiger partial charge on any atom is 0.243 e. The number of carbonyl (C=O) groups excluding carboxylic acids is 3. The number of halogens is 1. The standard InChI is InChI=1S/C29H25FN2O5S/c1-17-11-13-19(14-12-17)38(36,37)31-16-22-25-21(28(34)32(29(25)35)18-7-3-2-4-8-18)15-24(33)26(22)27(31)20-9-5-6-10-23(20)30/h2-14,21-22,25-27H,15-16H2,1H3/t21-,22-,25-,26-,27-/m0/s1. The lowest BCUT2D eigenvalue weighted by Gasteiger charge is -2.33. The molecule has 1 saturated carbocycles. The van der Waals surface area contributed by atoms with Crippen molar-refractivity contribution in [1.82, 2.24) is 4.31 Å². The first-order valence-corrected chi connectivity index (χ1v) is 13.9. The van der Waals surface area contributed by atoms with Gasteiger partial charge in [-0.15, -0.1) is 0 Å². The minimum absolute atomic E-state index is 0.0202. The van der Waals surface area contributed by atoms with E-state index in [2.05, 4.69) is 0 Å². The van der Waals surface area contributed by atoms with Crippen molar-refractivity contribution >= 4 is 33.3 Å². The number of imide groups is 1. The summed E-state index contributed by atoms with van der Waals surface area (Å²) in [5.74, 6) is -5.34. The van der Waals surface area contributed by atoms with Crippen molar-refractivity contribution in [3.05, 3.63) is 95.8 Å². The Balaban J connectivity index is 1.47. The van der Waals surface area contributed by atoms with Crippen molar-refractivity contribution in [3.63, 3.8) is 0 Å². The van der Waals surface area contributed by atoms with Gasteiger partial charge < -0.3 is 0 Å². The molecule has 6 rings (SSSR count). The summed E-state index contributed by atoms with van der Waals surface area (Å²) in [4.78, 5) is 41.9. The number of carbonyl (C=O) groups is 3. The van der Waals surface area contributed by atoms with E-state index in [-0.39, 0.29) is 29.2 Å². The van der Waals surface area contributed by atoms with Crippen LogP contribution in [0.5, 0.6) is 0 Å². The molecule has 0 spiro atoms. The molecule has 38 heavy (non-hydrogen) atoms. The Morgan fingerprint density at radius 2 is 1.47 bits per heavy atom. The van der Waals surface area contributed by atoms with Gasteiger partial charge in [0.25, 0.3) is 0 Å². The second kappa shape index (κ2) is 8.96. The third-order valence-electron chi connectivity index (χ3n) is 8.10. The number of Topliss-reactive ketones (excluding diaryl/α,β-unsaturated/α-hetero) is 1. The molecular weight excluding hydrogens is 507 g/mol. The summed E-state index contributed by atoms with van der Waals surface area (Å²) in [5, 5.41) is 0. The number of aryl methyl sites for hydroxylation is 1. The second-order valence-corrected chi connectivity index (χ2v) is 12.1. The Labute approximate surface area is 219 Å². The summed E-state index contributed by atoms with van der Waals surface area (Å²) in [6, 6.07) is 19.5. The van der Waals surface area contributed by atoms with Crippen LogP contribution in [0.15, 0.2) is 83.8 Å². The van der Waals surface area contributed by atoms with Gasteiger partial charge in [-0.3, -0.25) is 19.3 Å². The van der Waals surface area contributed by atoms with Crippen molar-refractivity contribution in [2.75, 3.05) is 11.4 Å². The van der Waals surface area contributed by atoms with Gasteiger partial charge in [0.1, 0.15) is 11.6 Å². The number of benzene rings is 3. The van der Waals surface area contributed by atoms with Crippen LogP contribution >= 0.6 is 0 Å². The zero-order valence-corrected chi connectivity index (χ0v) is 21.3. The number of para-hydroxylation sites is 1. The van der Waals surface area contributed by atoms with E-state index in [0.717, 1.165) is 14.8 Å². The fourth-order valence-electron chi connectivity index (χ4n) is 6.39. The molecule has 0 radical (unpaired) electrons. The summed E-state index contributed by atoms with van der Waals surface area (Å²) < 4.78 is 44.2. The van der Waals surface area contributed by atoms with Gasteiger partial charge in [-0.2, -0.15) is 4.31 Å². The van der Waals surface area contributed by atoms with Crippen LogP contribution in [-0.2, 0) is 24.4 Å².